The molecule has 0 aromatic heterocycles. The summed E-state index contributed by atoms with van der Waals surface area (Å²) in [6, 6.07) is 0. The van der Waals surface area contributed by atoms with Crippen molar-refractivity contribution < 1.29 is 16.8 Å². The fraction of sp³-hybridized carbons (Fsp3) is 1.00. The van der Waals surface area contributed by atoms with E-state index in [9.17, 15) is 16.8 Å². The van der Waals surface area contributed by atoms with Crippen LogP contribution in [0.2, 0.25) is 0 Å². The van der Waals surface area contributed by atoms with Gasteiger partial charge in [-0.15, -0.1) is 0 Å². The van der Waals surface area contributed by atoms with Gasteiger partial charge in [0.15, 0.2) is 9.84 Å². The van der Waals surface area contributed by atoms with Gasteiger partial charge in [0.05, 0.1) is 10.5 Å². The van der Waals surface area contributed by atoms with E-state index in [4.69, 9.17) is 0 Å². The monoisotopic (exact) mass is 297 g/mol. The van der Waals surface area contributed by atoms with Gasteiger partial charge in [0, 0.05) is 19.3 Å². The topological polar surface area (TPSA) is 71.5 Å². The molecular weight excluding hydrogens is 274 g/mol. The Balaban J connectivity index is 2.59. The second-order valence-electron chi connectivity index (χ2n) is 5.69. The molecule has 1 rings (SSSR count). The van der Waals surface area contributed by atoms with Gasteiger partial charge in [-0.2, -0.15) is 0 Å². The zero-order valence-electron chi connectivity index (χ0n) is 11.5. The molecule has 0 aromatic carbocycles. The quantitative estimate of drug-likeness (QED) is 0.729. The van der Waals surface area contributed by atoms with Crippen LogP contribution in [0.25, 0.3) is 0 Å². The molecule has 0 atom stereocenters. The SMILES string of the molecule is CCC1CN(S(=O)(=O)CCC(C)(C)S(C)(=O)=O)C1. The fourth-order valence-corrected chi connectivity index (χ4v) is 4.20. The molecule has 5 nitrogen and oxygen atoms in total. The highest BCUT2D eigenvalue weighted by Gasteiger charge is 2.37. The van der Waals surface area contributed by atoms with Crippen molar-refractivity contribution in [3.8, 4) is 0 Å². The average Bonchev–Trinajstić information content (AvgIpc) is 2.11. The first-order valence-corrected chi connectivity index (χ1v) is 9.67. The number of nitrogens with zero attached hydrogens (tertiary/aromatic N) is 1. The van der Waals surface area contributed by atoms with Crippen molar-refractivity contribution in [2.45, 2.75) is 38.4 Å². The second-order valence-corrected chi connectivity index (χ2v) is 10.4. The smallest absolute Gasteiger partial charge is 0.214 e. The third-order valence-corrected chi connectivity index (χ3v) is 7.88. The minimum atomic E-state index is -3.29. The summed E-state index contributed by atoms with van der Waals surface area (Å²) >= 11 is 0. The van der Waals surface area contributed by atoms with Crippen molar-refractivity contribution in [2.24, 2.45) is 5.92 Å². The molecule has 0 aromatic rings. The van der Waals surface area contributed by atoms with Gasteiger partial charge in [0.1, 0.15) is 0 Å². The fourth-order valence-electron chi connectivity index (χ4n) is 1.70. The Hall–Kier alpha value is -0.140. The molecule has 0 radical (unpaired) electrons. The number of sulfonamides is 1. The van der Waals surface area contributed by atoms with Gasteiger partial charge in [0.2, 0.25) is 10.0 Å². The van der Waals surface area contributed by atoms with E-state index >= 15 is 0 Å². The van der Waals surface area contributed by atoms with Gasteiger partial charge >= 0.3 is 0 Å². The maximum atomic E-state index is 12.0. The summed E-state index contributed by atoms with van der Waals surface area (Å²) in [5, 5.41) is 0. The predicted molar refractivity (Wildman–Crippen MR) is 72.7 cm³/mol. The molecule has 1 saturated heterocycles. The Morgan fingerprint density at radius 1 is 1.17 bits per heavy atom. The highest BCUT2D eigenvalue weighted by atomic mass is 32.2. The van der Waals surface area contributed by atoms with Crippen LogP contribution in [0, 0.1) is 5.92 Å². The molecule has 0 aliphatic carbocycles. The molecule has 0 amide bonds. The minimum Gasteiger partial charge on any atom is -0.229 e. The predicted octanol–water partition coefficient (Wildman–Crippen LogP) is 0.871. The lowest BCUT2D eigenvalue weighted by Gasteiger charge is -2.38. The van der Waals surface area contributed by atoms with E-state index in [0.29, 0.717) is 19.0 Å². The lowest BCUT2D eigenvalue weighted by Crippen LogP contribution is -2.51. The van der Waals surface area contributed by atoms with Gasteiger partial charge in [-0.3, -0.25) is 0 Å². The molecule has 0 N–H and O–H groups in total. The number of rotatable bonds is 6. The standard InChI is InChI=1S/C11H23NO4S2/c1-5-10-8-12(9-10)18(15,16)7-6-11(2,3)17(4,13)14/h10H,5-9H2,1-4H3. The Labute approximate surface area is 111 Å². The van der Waals surface area contributed by atoms with E-state index in [2.05, 4.69) is 0 Å². The molecule has 0 spiro atoms. The van der Waals surface area contributed by atoms with Crippen LogP contribution in [0.5, 0.6) is 0 Å². The maximum absolute atomic E-state index is 12.0. The normalized spacial score (nSPS) is 19.8. The molecule has 108 valence electrons. The van der Waals surface area contributed by atoms with Gasteiger partial charge in [-0.25, -0.2) is 21.1 Å². The molecule has 18 heavy (non-hydrogen) atoms. The van der Waals surface area contributed by atoms with Crippen molar-refractivity contribution in [3.63, 3.8) is 0 Å². The summed E-state index contributed by atoms with van der Waals surface area (Å²) in [5.41, 5.74) is 0. The Morgan fingerprint density at radius 2 is 1.67 bits per heavy atom. The van der Waals surface area contributed by atoms with Crippen LogP contribution in [-0.4, -0.2) is 51.0 Å². The van der Waals surface area contributed by atoms with Crippen LogP contribution >= 0.6 is 0 Å². The Bertz CT molecular complexity index is 487. The largest absolute Gasteiger partial charge is 0.229 e. The second kappa shape index (κ2) is 5.09. The third kappa shape index (κ3) is 3.45. The van der Waals surface area contributed by atoms with Crippen molar-refractivity contribution in [2.75, 3.05) is 25.1 Å². The maximum Gasteiger partial charge on any atom is 0.214 e. The van der Waals surface area contributed by atoms with E-state index in [1.54, 1.807) is 13.8 Å². The lowest BCUT2D eigenvalue weighted by molar-refractivity contribution is 0.195. The van der Waals surface area contributed by atoms with E-state index in [-0.39, 0.29) is 12.2 Å². The van der Waals surface area contributed by atoms with Crippen LogP contribution in [0.4, 0.5) is 0 Å². The first-order chi connectivity index (χ1) is 7.99. The van der Waals surface area contributed by atoms with Crippen molar-refractivity contribution in [1.82, 2.24) is 4.31 Å². The van der Waals surface area contributed by atoms with E-state index in [1.807, 2.05) is 6.92 Å². The highest BCUT2D eigenvalue weighted by Crippen LogP contribution is 2.26. The first-order valence-electron chi connectivity index (χ1n) is 6.17. The molecule has 7 heteroatoms. The number of sulfone groups is 1. The molecule has 0 unspecified atom stereocenters. The van der Waals surface area contributed by atoms with E-state index < -0.39 is 24.6 Å². The Morgan fingerprint density at radius 3 is 2.06 bits per heavy atom. The lowest BCUT2D eigenvalue weighted by atomic mass is 10.0. The van der Waals surface area contributed by atoms with Crippen LogP contribution in [0.3, 0.4) is 0 Å². The van der Waals surface area contributed by atoms with Crippen molar-refractivity contribution >= 4 is 19.9 Å². The molecular formula is C11H23NO4S2. The summed E-state index contributed by atoms with van der Waals surface area (Å²) in [5.74, 6) is 0.367. The molecule has 1 fully saturated rings. The summed E-state index contributed by atoms with van der Waals surface area (Å²) in [6.07, 6.45) is 2.28. The minimum absolute atomic E-state index is 0.0937. The third-order valence-electron chi connectivity index (χ3n) is 3.86. The van der Waals surface area contributed by atoms with Gasteiger partial charge in [0.25, 0.3) is 0 Å². The summed E-state index contributed by atoms with van der Waals surface area (Å²) in [6.45, 7) is 6.35. The highest BCUT2D eigenvalue weighted by molar-refractivity contribution is 7.92. The summed E-state index contributed by atoms with van der Waals surface area (Å²) < 4.78 is 47.5. The van der Waals surface area contributed by atoms with Gasteiger partial charge in [-0.1, -0.05) is 13.3 Å². The Kier molecular flexibility index (Phi) is 4.50. The van der Waals surface area contributed by atoms with Crippen molar-refractivity contribution in [1.29, 1.82) is 0 Å². The zero-order chi connectivity index (χ0) is 14.2. The van der Waals surface area contributed by atoms with Crippen molar-refractivity contribution in [3.05, 3.63) is 0 Å². The summed E-state index contributed by atoms with van der Waals surface area (Å²) in [7, 11) is -6.53. The molecule has 0 bridgehead atoms. The van der Waals surface area contributed by atoms with Gasteiger partial charge in [-0.05, 0) is 26.2 Å². The molecule has 1 aliphatic heterocycles. The first kappa shape index (κ1) is 15.9. The number of hydrogen-bond donors (Lipinski definition) is 0. The molecule has 1 aliphatic rings. The molecule has 0 saturated carbocycles. The van der Waals surface area contributed by atoms with Crippen LogP contribution in [0.1, 0.15) is 33.6 Å². The van der Waals surface area contributed by atoms with E-state index in [1.165, 1.54) is 4.31 Å². The zero-order valence-corrected chi connectivity index (χ0v) is 13.1. The van der Waals surface area contributed by atoms with Crippen LogP contribution in [0.15, 0.2) is 0 Å². The van der Waals surface area contributed by atoms with E-state index in [0.717, 1.165) is 12.7 Å². The summed E-state index contributed by atoms with van der Waals surface area (Å²) in [4.78, 5) is 0. The van der Waals surface area contributed by atoms with Crippen LogP contribution < -0.4 is 0 Å². The van der Waals surface area contributed by atoms with Gasteiger partial charge < -0.3 is 0 Å². The molecule has 1 heterocycles. The average molecular weight is 297 g/mol. The number of hydrogen-bond acceptors (Lipinski definition) is 4. The van der Waals surface area contributed by atoms with Crippen LogP contribution in [-0.2, 0) is 19.9 Å².